The van der Waals surface area contributed by atoms with E-state index in [2.05, 4.69) is 24.8 Å². The highest BCUT2D eigenvalue weighted by Crippen LogP contribution is 2.26. The molecule has 30 heavy (non-hydrogen) atoms. The molecule has 1 aromatic carbocycles. The van der Waals surface area contributed by atoms with Gasteiger partial charge in [-0.3, -0.25) is 14.5 Å². The van der Waals surface area contributed by atoms with Crippen LogP contribution in [0.2, 0.25) is 5.02 Å². The second kappa shape index (κ2) is 8.41. The maximum atomic E-state index is 11.9. The molecule has 3 heterocycles. The van der Waals surface area contributed by atoms with Crippen molar-refractivity contribution in [3.63, 3.8) is 0 Å². The largest absolute Gasteiger partial charge is 0.368 e. The summed E-state index contributed by atoms with van der Waals surface area (Å²) in [5, 5.41) is 2.44. The van der Waals surface area contributed by atoms with Crippen LogP contribution >= 0.6 is 11.6 Å². The second-order valence-corrected chi connectivity index (χ2v) is 7.58. The minimum atomic E-state index is -2.55. The van der Waals surface area contributed by atoms with Crippen molar-refractivity contribution in [2.75, 3.05) is 38.1 Å². The quantitative estimate of drug-likeness (QED) is 0.658. The van der Waals surface area contributed by atoms with Crippen LogP contribution in [-0.2, 0) is 6.54 Å². The Morgan fingerprint density at radius 1 is 1.27 bits per heavy atom. The first-order chi connectivity index (χ1) is 15.6. The molecule has 2 aromatic heterocycles. The third-order valence-corrected chi connectivity index (χ3v) is 5.71. The lowest BCUT2D eigenvalue weighted by molar-refractivity contribution is 0.0958. The van der Waals surface area contributed by atoms with Crippen molar-refractivity contribution in [3.8, 4) is 0 Å². The summed E-state index contributed by atoms with van der Waals surface area (Å²) in [6.45, 7) is 2.85. The molecule has 0 spiro atoms. The molecule has 1 amide bonds. The summed E-state index contributed by atoms with van der Waals surface area (Å²) in [5.74, 6) is -0.731. The number of amides is 1. The number of carbonyl (C=O) groups is 1. The van der Waals surface area contributed by atoms with Crippen LogP contribution in [-0.4, -0.2) is 58.9 Å². The summed E-state index contributed by atoms with van der Waals surface area (Å²) in [7, 11) is 0. The fourth-order valence-electron chi connectivity index (χ4n) is 3.56. The fraction of sp³-hybridized carbons (Fsp3) is 0.333. The number of hydrogen-bond donors (Lipinski definition) is 2. The third kappa shape index (κ3) is 4.01. The fourth-order valence-corrected chi connectivity index (χ4v) is 3.82. The molecule has 0 bridgehead atoms. The van der Waals surface area contributed by atoms with Gasteiger partial charge in [0, 0.05) is 43.8 Å². The lowest BCUT2D eigenvalue weighted by Gasteiger charge is -2.36. The van der Waals surface area contributed by atoms with Gasteiger partial charge in [0.25, 0.3) is 11.5 Å². The molecule has 9 heteroatoms. The molecule has 1 aliphatic heterocycles. The molecular formula is C21H23ClN6O2. The number of benzene rings is 1. The van der Waals surface area contributed by atoms with Gasteiger partial charge in [-0.15, -0.1) is 0 Å². The first-order valence-electron chi connectivity index (χ1n) is 11.0. The van der Waals surface area contributed by atoms with Gasteiger partial charge in [-0.25, -0.2) is 9.97 Å². The maximum absolute atomic E-state index is 11.9. The Balaban J connectivity index is 1.38. The average molecular weight is 430 g/mol. The lowest BCUT2D eigenvalue weighted by atomic mass is 10.1. The number of pyridine rings is 1. The highest BCUT2D eigenvalue weighted by atomic mass is 35.5. The summed E-state index contributed by atoms with van der Waals surface area (Å²) < 4.78 is 21.4. The summed E-state index contributed by atoms with van der Waals surface area (Å²) in [4.78, 5) is 39.5. The molecule has 3 aromatic rings. The van der Waals surface area contributed by atoms with Gasteiger partial charge in [0.2, 0.25) is 0 Å². The lowest BCUT2D eigenvalue weighted by Crippen LogP contribution is -2.46. The predicted octanol–water partition coefficient (Wildman–Crippen LogP) is 1.96. The number of carbonyl (C=O) groups excluding carboxylic acids is 1. The van der Waals surface area contributed by atoms with E-state index in [0.717, 1.165) is 37.4 Å². The van der Waals surface area contributed by atoms with Gasteiger partial charge >= 0.3 is 0 Å². The number of piperazine rings is 1. The Hall–Kier alpha value is -2.97. The van der Waals surface area contributed by atoms with Crippen molar-refractivity contribution in [2.45, 2.75) is 13.5 Å². The van der Waals surface area contributed by atoms with Crippen LogP contribution in [0, 0.1) is 6.92 Å². The summed E-state index contributed by atoms with van der Waals surface area (Å²) in [6.07, 6.45) is 1.58. The first-order valence-corrected chi connectivity index (χ1v) is 9.92. The van der Waals surface area contributed by atoms with Crippen LogP contribution in [0.25, 0.3) is 11.0 Å². The maximum Gasteiger partial charge on any atom is 0.269 e. The predicted molar refractivity (Wildman–Crippen MR) is 117 cm³/mol. The number of fused-ring (bicyclic) bond motifs is 1. The van der Waals surface area contributed by atoms with Crippen molar-refractivity contribution < 1.29 is 8.91 Å². The van der Waals surface area contributed by atoms with Crippen LogP contribution in [0.4, 0.5) is 5.69 Å². The normalized spacial score (nSPS) is 16.7. The van der Waals surface area contributed by atoms with E-state index in [9.17, 15) is 9.59 Å². The summed E-state index contributed by atoms with van der Waals surface area (Å²) in [6, 6.07) is 7.09. The number of aryl methyl sites for hydroxylation is 1. The number of hydrogen-bond acceptors (Lipinski definition) is 6. The molecule has 0 aliphatic carbocycles. The molecule has 0 radical (unpaired) electrons. The minimum Gasteiger partial charge on any atom is -0.368 e. The second-order valence-electron chi connectivity index (χ2n) is 7.20. The van der Waals surface area contributed by atoms with Gasteiger partial charge in [-0.05, 0) is 30.7 Å². The Morgan fingerprint density at radius 2 is 2.07 bits per heavy atom. The molecule has 0 unspecified atom stereocenters. The molecule has 4 rings (SSSR count). The van der Waals surface area contributed by atoms with E-state index in [1.165, 1.54) is 6.07 Å². The molecule has 1 aliphatic rings. The molecule has 0 atom stereocenters. The Bertz CT molecular complexity index is 1240. The number of aromatic nitrogens is 3. The van der Waals surface area contributed by atoms with Crippen LogP contribution in [0.1, 0.15) is 25.9 Å². The summed E-state index contributed by atoms with van der Waals surface area (Å²) >= 11 is 6.57. The molecule has 8 nitrogen and oxygen atoms in total. The number of rotatable bonds is 4. The molecular weight excluding hydrogens is 404 g/mol. The van der Waals surface area contributed by atoms with Crippen molar-refractivity contribution in [1.29, 1.82) is 0 Å². The van der Waals surface area contributed by atoms with E-state index in [0.29, 0.717) is 28.3 Å². The van der Waals surface area contributed by atoms with Gasteiger partial charge in [0.1, 0.15) is 11.4 Å². The van der Waals surface area contributed by atoms with Gasteiger partial charge in [0.15, 0.2) is 0 Å². The van der Waals surface area contributed by atoms with Crippen LogP contribution < -0.4 is 15.8 Å². The SMILES string of the molecule is [2H]C([2H])([2H])NC(=O)c1ccc(N2CCN(Cc3ccc4nc(C)c(=O)[nH]c4c3Cl)CC2)cn1. The molecule has 1 saturated heterocycles. The number of aromatic amines is 1. The number of H-pyrrole nitrogens is 1. The zero-order valence-electron chi connectivity index (χ0n) is 19.4. The van der Waals surface area contributed by atoms with Gasteiger partial charge in [-0.2, -0.15) is 0 Å². The summed E-state index contributed by atoms with van der Waals surface area (Å²) in [5.41, 5.74) is 3.22. The van der Waals surface area contributed by atoms with Crippen molar-refractivity contribution in [2.24, 2.45) is 0 Å². The molecule has 1 fully saturated rings. The van der Waals surface area contributed by atoms with Crippen molar-refractivity contribution in [3.05, 3.63) is 62.8 Å². The van der Waals surface area contributed by atoms with Crippen molar-refractivity contribution in [1.82, 2.24) is 25.2 Å². The van der Waals surface area contributed by atoms with Gasteiger partial charge < -0.3 is 15.2 Å². The Labute approximate surface area is 183 Å². The number of halogens is 1. The van der Waals surface area contributed by atoms with E-state index < -0.39 is 12.9 Å². The molecule has 0 saturated carbocycles. The Kier molecular flexibility index (Phi) is 4.71. The zero-order valence-corrected chi connectivity index (χ0v) is 17.2. The number of nitrogens with zero attached hydrogens (tertiary/aromatic N) is 4. The minimum absolute atomic E-state index is 0.0576. The number of anilines is 1. The third-order valence-electron chi connectivity index (χ3n) is 5.28. The van der Waals surface area contributed by atoms with Gasteiger partial charge in [0.05, 0.1) is 27.9 Å². The first kappa shape index (κ1) is 16.8. The van der Waals surface area contributed by atoms with E-state index in [1.54, 1.807) is 19.2 Å². The average Bonchev–Trinajstić information content (AvgIpc) is 2.77. The Morgan fingerprint density at radius 3 is 2.77 bits per heavy atom. The van der Waals surface area contributed by atoms with Crippen LogP contribution in [0.15, 0.2) is 35.3 Å². The van der Waals surface area contributed by atoms with Crippen molar-refractivity contribution >= 4 is 34.2 Å². The van der Waals surface area contributed by atoms with E-state index >= 15 is 0 Å². The van der Waals surface area contributed by atoms with E-state index in [1.807, 2.05) is 17.4 Å². The molecule has 2 N–H and O–H groups in total. The van der Waals surface area contributed by atoms with E-state index in [-0.39, 0.29) is 11.3 Å². The highest BCUT2D eigenvalue weighted by Gasteiger charge is 2.19. The van der Waals surface area contributed by atoms with Crippen LogP contribution in [0.5, 0.6) is 0 Å². The smallest absolute Gasteiger partial charge is 0.269 e. The van der Waals surface area contributed by atoms with Gasteiger partial charge in [-0.1, -0.05) is 17.7 Å². The highest BCUT2D eigenvalue weighted by molar-refractivity contribution is 6.35. The van der Waals surface area contributed by atoms with E-state index in [4.69, 9.17) is 15.7 Å². The topological polar surface area (TPSA) is 94.2 Å². The monoisotopic (exact) mass is 429 g/mol. The standard InChI is InChI=1S/C21H23ClN6O2/c1-13-20(29)26-19-16(25-13)5-3-14(18(19)22)12-27-7-9-28(10-8-27)15-4-6-17(24-11-15)21(30)23-2/h3-6,11H,7-10,12H2,1-2H3,(H,23,30)(H,26,29)/i2D3. The van der Waals surface area contributed by atoms with Crippen LogP contribution in [0.3, 0.4) is 0 Å². The number of nitrogens with one attached hydrogen (secondary N) is 2. The zero-order chi connectivity index (χ0) is 23.8. The molecule has 156 valence electrons.